The highest BCUT2D eigenvalue weighted by atomic mass is 35.5. The van der Waals surface area contributed by atoms with Crippen molar-refractivity contribution in [1.82, 2.24) is 5.16 Å². The summed E-state index contributed by atoms with van der Waals surface area (Å²) in [7, 11) is 0. The van der Waals surface area contributed by atoms with E-state index in [-0.39, 0.29) is 5.91 Å². The number of rotatable bonds is 5. The number of benzene rings is 1. The Morgan fingerprint density at radius 2 is 2.08 bits per heavy atom. The highest BCUT2D eigenvalue weighted by Gasteiger charge is 2.18. The van der Waals surface area contributed by atoms with Gasteiger partial charge in [0, 0.05) is 30.1 Å². The van der Waals surface area contributed by atoms with Gasteiger partial charge in [-0.25, -0.2) is 0 Å². The van der Waals surface area contributed by atoms with E-state index in [1.165, 1.54) is 12.8 Å². The highest BCUT2D eigenvalue weighted by Crippen LogP contribution is 2.31. The maximum atomic E-state index is 12.4. The number of carbonyl (C=O) groups excluding carboxylic acids is 1. The largest absolute Gasteiger partial charge is 0.370 e. The number of hydrogen-bond donors (Lipinski definition) is 1. The fourth-order valence-corrected chi connectivity index (χ4v) is 3.32. The fraction of sp³-hybridized carbons (Fsp3) is 0.444. The Balaban J connectivity index is 1.68. The van der Waals surface area contributed by atoms with Crippen LogP contribution in [0.4, 0.5) is 11.4 Å². The zero-order valence-electron chi connectivity index (χ0n) is 14.1. The summed E-state index contributed by atoms with van der Waals surface area (Å²) in [6.45, 7) is 5.80. The number of hydrogen-bond acceptors (Lipinski definition) is 4. The van der Waals surface area contributed by atoms with Crippen LogP contribution in [0.25, 0.3) is 0 Å². The van der Waals surface area contributed by atoms with E-state index in [4.69, 9.17) is 16.1 Å². The minimum atomic E-state index is -0.0299. The molecule has 0 unspecified atom stereocenters. The first kappa shape index (κ1) is 16.8. The van der Waals surface area contributed by atoms with Crippen molar-refractivity contribution in [2.24, 2.45) is 0 Å². The number of nitrogens with one attached hydrogen (secondary N) is 1. The van der Waals surface area contributed by atoms with Crippen LogP contribution in [0.15, 0.2) is 22.7 Å². The monoisotopic (exact) mass is 347 g/mol. The van der Waals surface area contributed by atoms with Gasteiger partial charge in [0.15, 0.2) is 0 Å². The summed E-state index contributed by atoms with van der Waals surface area (Å²) in [5.74, 6) is 0.749. The van der Waals surface area contributed by atoms with Gasteiger partial charge in [0.05, 0.1) is 17.1 Å². The summed E-state index contributed by atoms with van der Waals surface area (Å²) in [5, 5.41) is 7.56. The molecule has 1 aliphatic heterocycles. The summed E-state index contributed by atoms with van der Waals surface area (Å²) in [6.07, 6.45) is 3.37. The Morgan fingerprint density at radius 3 is 2.75 bits per heavy atom. The third kappa shape index (κ3) is 3.73. The topological polar surface area (TPSA) is 58.4 Å². The average molecular weight is 348 g/mol. The Bertz CT molecular complexity index is 716. The van der Waals surface area contributed by atoms with E-state index in [9.17, 15) is 4.79 Å². The standard InChI is InChI=1S/C18H22ClN3O2/c1-12-15(13(2)24-21-12)6-8-18(23)20-16-11-14(19)5-7-17(16)22-9-3-4-10-22/h5,7,11H,3-4,6,8-10H2,1-2H3,(H,20,23). The van der Waals surface area contributed by atoms with Gasteiger partial charge in [-0.15, -0.1) is 0 Å². The van der Waals surface area contributed by atoms with E-state index in [1.54, 1.807) is 0 Å². The second kappa shape index (κ2) is 7.26. The van der Waals surface area contributed by atoms with Crippen molar-refractivity contribution in [3.63, 3.8) is 0 Å². The summed E-state index contributed by atoms with van der Waals surface area (Å²) >= 11 is 6.12. The van der Waals surface area contributed by atoms with Gasteiger partial charge in [-0.2, -0.15) is 0 Å². The molecule has 5 nitrogen and oxygen atoms in total. The molecule has 0 bridgehead atoms. The van der Waals surface area contributed by atoms with E-state index in [1.807, 2.05) is 32.0 Å². The molecule has 0 atom stereocenters. The first-order valence-corrected chi connectivity index (χ1v) is 8.68. The number of anilines is 2. The van der Waals surface area contributed by atoms with Gasteiger partial charge in [0.25, 0.3) is 0 Å². The lowest BCUT2D eigenvalue weighted by Gasteiger charge is -2.22. The van der Waals surface area contributed by atoms with Crippen LogP contribution in [-0.4, -0.2) is 24.2 Å². The maximum Gasteiger partial charge on any atom is 0.224 e. The predicted octanol–water partition coefficient (Wildman–Crippen LogP) is 4.12. The smallest absolute Gasteiger partial charge is 0.224 e. The lowest BCUT2D eigenvalue weighted by Crippen LogP contribution is -2.21. The Morgan fingerprint density at radius 1 is 1.33 bits per heavy atom. The first-order valence-electron chi connectivity index (χ1n) is 8.30. The van der Waals surface area contributed by atoms with E-state index < -0.39 is 0 Å². The molecule has 1 aromatic heterocycles. The van der Waals surface area contributed by atoms with E-state index in [0.717, 1.165) is 41.5 Å². The maximum absolute atomic E-state index is 12.4. The van der Waals surface area contributed by atoms with Gasteiger partial charge in [-0.05, 0) is 51.3 Å². The lowest BCUT2D eigenvalue weighted by atomic mass is 10.1. The molecule has 0 spiro atoms. The molecular weight excluding hydrogens is 326 g/mol. The molecular formula is C18H22ClN3O2. The second-order valence-electron chi connectivity index (χ2n) is 6.21. The van der Waals surface area contributed by atoms with E-state index in [0.29, 0.717) is 17.9 Å². The Kier molecular flexibility index (Phi) is 5.09. The van der Waals surface area contributed by atoms with E-state index in [2.05, 4.69) is 15.4 Å². The predicted molar refractivity (Wildman–Crippen MR) is 95.8 cm³/mol. The quantitative estimate of drug-likeness (QED) is 0.884. The Labute approximate surface area is 147 Å². The fourth-order valence-electron chi connectivity index (χ4n) is 3.15. The first-order chi connectivity index (χ1) is 11.5. The van der Waals surface area contributed by atoms with Crippen molar-refractivity contribution in [2.75, 3.05) is 23.3 Å². The van der Waals surface area contributed by atoms with Crippen LogP contribution in [0.3, 0.4) is 0 Å². The van der Waals surface area contributed by atoms with Crippen LogP contribution in [0, 0.1) is 13.8 Å². The summed E-state index contributed by atoms with van der Waals surface area (Å²) in [4.78, 5) is 14.7. The molecule has 0 radical (unpaired) electrons. The molecule has 24 heavy (non-hydrogen) atoms. The third-order valence-electron chi connectivity index (χ3n) is 4.46. The van der Waals surface area contributed by atoms with Crippen molar-refractivity contribution in [1.29, 1.82) is 0 Å². The van der Waals surface area contributed by atoms with Gasteiger partial charge < -0.3 is 14.7 Å². The molecule has 1 N–H and O–H groups in total. The number of aryl methyl sites for hydroxylation is 2. The average Bonchev–Trinajstić information content (AvgIpc) is 3.17. The van der Waals surface area contributed by atoms with Crippen LogP contribution in [0.2, 0.25) is 5.02 Å². The lowest BCUT2D eigenvalue weighted by molar-refractivity contribution is -0.116. The minimum Gasteiger partial charge on any atom is -0.370 e. The van der Waals surface area contributed by atoms with Crippen molar-refractivity contribution < 1.29 is 9.32 Å². The van der Waals surface area contributed by atoms with Crippen molar-refractivity contribution in [3.8, 4) is 0 Å². The van der Waals surface area contributed by atoms with E-state index >= 15 is 0 Å². The summed E-state index contributed by atoms with van der Waals surface area (Å²) in [5.41, 5.74) is 3.69. The van der Waals surface area contributed by atoms with Gasteiger partial charge in [-0.3, -0.25) is 4.79 Å². The zero-order chi connectivity index (χ0) is 17.1. The van der Waals surface area contributed by atoms with Gasteiger partial charge in [0.1, 0.15) is 5.76 Å². The number of nitrogens with zero attached hydrogens (tertiary/aromatic N) is 2. The molecule has 2 heterocycles. The highest BCUT2D eigenvalue weighted by molar-refractivity contribution is 6.31. The van der Waals surface area contributed by atoms with Crippen LogP contribution in [0.5, 0.6) is 0 Å². The van der Waals surface area contributed by atoms with Crippen LogP contribution in [0.1, 0.15) is 36.3 Å². The van der Waals surface area contributed by atoms with Gasteiger partial charge >= 0.3 is 0 Å². The van der Waals surface area contributed by atoms with Gasteiger partial charge in [-0.1, -0.05) is 16.8 Å². The number of halogens is 1. The third-order valence-corrected chi connectivity index (χ3v) is 4.70. The summed E-state index contributed by atoms with van der Waals surface area (Å²) in [6, 6.07) is 5.68. The molecule has 2 aromatic rings. The molecule has 1 fully saturated rings. The molecule has 1 aliphatic rings. The summed E-state index contributed by atoms with van der Waals surface area (Å²) < 4.78 is 5.14. The number of aromatic nitrogens is 1. The van der Waals surface area contributed by atoms with Crippen LogP contribution in [-0.2, 0) is 11.2 Å². The SMILES string of the molecule is Cc1noc(C)c1CCC(=O)Nc1cc(Cl)ccc1N1CCCC1. The minimum absolute atomic E-state index is 0.0299. The molecule has 3 rings (SSSR count). The van der Waals surface area contributed by atoms with Crippen molar-refractivity contribution in [3.05, 3.63) is 40.2 Å². The molecule has 128 valence electrons. The molecule has 0 saturated carbocycles. The normalized spacial score (nSPS) is 14.2. The van der Waals surface area contributed by atoms with Crippen molar-refractivity contribution >= 4 is 28.9 Å². The van der Waals surface area contributed by atoms with Crippen molar-refractivity contribution in [2.45, 2.75) is 39.5 Å². The molecule has 1 aromatic carbocycles. The van der Waals surface area contributed by atoms with Crippen LogP contribution < -0.4 is 10.2 Å². The molecule has 1 saturated heterocycles. The Hall–Kier alpha value is -2.01. The zero-order valence-corrected chi connectivity index (χ0v) is 14.8. The number of amides is 1. The molecule has 6 heteroatoms. The number of carbonyl (C=O) groups is 1. The second-order valence-corrected chi connectivity index (χ2v) is 6.64. The molecule has 0 aliphatic carbocycles. The van der Waals surface area contributed by atoms with Crippen LogP contribution >= 0.6 is 11.6 Å². The molecule has 1 amide bonds. The van der Waals surface area contributed by atoms with Gasteiger partial charge in [0.2, 0.25) is 5.91 Å².